The van der Waals surface area contributed by atoms with E-state index in [4.69, 9.17) is 11.6 Å². The number of hydrogen-bond donors (Lipinski definition) is 1. The quantitative estimate of drug-likeness (QED) is 0.845. The molecule has 96 valence electrons. The number of carbonyl (C=O) groups is 1. The molecule has 1 N–H and O–H groups in total. The SMILES string of the molecule is O=C(/C=C\c1ccccc1Cl)NCc1ccccc1. The van der Waals surface area contributed by atoms with Crippen LogP contribution < -0.4 is 5.32 Å². The van der Waals surface area contributed by atoms with Crippen LogP contribution in [0.1, 0.15) is 11.1 Å². The van der Waals surface area contributed by atoms with E-state index in [1.165, 1.54) is 6.08 Å². The summed E-state index contributed by atoms with van der Waals surface area (Å²) in [6.45, 7) is 0.520. The number of carbonyl (C=O) groups excluding carboxylic acids is 1. The molecule has 2 aromatic carbocycles. The lowest BCUT2D eigenvalue weighted by atomic mass is 10.2. The molecular weight excluding hydrogens is 258 g/mol. The Morgan fingerprint density at radius 3 is 2.47 bits per heavy atom. The highest BCUT2D eigenvalue weighted by molar-refractivity contribution is 6.32. The zero-order chi connectivity index (χ0) is 13.5. The van der Waals surface area contributed by atoms with Gasteiger partial charge in [0, 0.05) is 17.6 Å². The van der Waals surface area contributed by atoms with E-state index in [1.54, 1.807) is 12.1 Å². The molecule has 0 atom stereocenters. The molecule has 0 aromatic heterocycles. The summed E-state index contributed by atoms with van der Waals surface area (Å²) in [5, 5.41) is 3.45. The van der Waals surface area contributed by atoms with Gasteiger partial charge in [0.1, 0.15) is 0 Å². The summed E-state index contributed by atoms with van der Waals surface area (Å²) in [5.41, 5.74) is 1.90. The summed E-state index contributed by atoms with van der Waals surface area (Å²) in [7, 11) is 0. The van der Waals surface area contributed by atoms with Crippen LogP contribution in [0.25, 0.3) is 6.08 Å². The summed E-state index contributed by atoms with van der Waals surface area (Å²) in [6, 6.07) is 17.2. The number of benzene rings is 2. The Hall–Kier alpha value is -2.06. The number of halogens is 1. The Morgan fingerprint density at radius 2 is 1.74 bits per heavy atom. The fourth-order valence-electron chi connectivity index (χ4n) is 1.62. The van der Waals surface area contributed by atoms with Crippen LogP contribution >= 0.6 is 11.6 Å². The Bertz CT molecular complexity index is 578. The summed E-state index contributed by atoms with van der Waals surface area (Å²) in [5.74, 6) is -0.135. The van der Waals surface area contributed by atoms with Gasteiger partial charge in [-0.1, -0.05) is 60.1 Å². The van der Waals surface area contributed by atoms with E-state index in [-0.39, 0.29) is 5.91 Å². The lowest BCUT2D eigenvalue weighted by Gasteiger charge is -2.02. The van der Waals surface area contributed by atoms with Crippen LogP contribution in [0.4, 0.5) is 0 Å². The zero-order valence-corrected chi connectivity index (χ0v) is 11.1. The van der Waals surface area contributed by atoms with Crippen LogP contribution in [-0.2, 0) is 11.3 Å². The minimum Gasteiger partial charge on any atom is -0.348 e. The Kier molecular flexibility index (Phi) is 4.76. The minimum absolute atomic E-state index is 0.135. The molecule has 2 aromatic rings. The molecule has 0 radical (unpaired) electrons. The van der Waals surface area contributed by atoms with Gasteiger partial charge in [-0.2, -0.15) is 0 Å². The standard InChI is InChI=1S/C16H14ClNO/c17-15-9-5-4-8-14(15)10-11-16(19)18-12-13-6-2-1-3-7-13/h1-11H,12H2,(H,18,19)/b11-10-. The monoisotopic (exact) mass is 271 g/mol. The van der Waals surface area contributed by atoms with Crippen LogP contribution in [0.15, 0.2) is 60.7 Å². The third-order valence-corrected chi connectivity index (χ3v) is 2.97. The maximum atomic E-state index is 11.7. The third-order valence-electron chi connectivity index (χ3n) is 2.63. The number of nitrogens with one attached hydrogen (secondary N) is 1. The predicted molar refractivity (Wildman–Crippen MR) is 78.8 cm³/mol. The lowest BCUT2D eigenvalue weighted by Crippen LogP contribution is -2.20. The third kappa shape index (κ3) is 4.27. The van der Waals surface area contributed by atoms with E-state index in [9.17, 15) is 4.79 Å². The average Bonchev–Trinajstić information content (AvgIpc) is 2.45. The molecule has 0 aliphatic carbocycles. The van der Waals surface area contributed by atoms with E-state index in [0.717, 1.165) is 11.1 Å². The zero-order valence-electron chi connectivity index (χ0n) is 10.3. The molecule has 2 nitrogen and oxygen atoms in total. The molecule has 0 heterocycles. The van der Waals surface area contributed by atoms with Gasteiger partial charge in [0.15, 0.2) is 0 Å². The number of hydrogen-bond acceptors (Lipinski definition) is 1. The van der Waals surface area contributed by atoms with Crippen LogP contribution in [0.3, 0.4) is 0 Å². The molecule has 0 aliphatic rings. The molecule has 1 amide bonds. The molecule has 0 aliphatic heterocycles. The first-order valence-electron chi connectivity index (χ1n) is 6.00. The van der Waals surface area contributed by atoms with Crippen molar-refractivity contribution >= 4 is 23.6 Å². The minimum atomic E-state index is -0.135. The normalized spacial score (nSPS) is 10.6. The maximum Gasteiger partial charge on any atom is 0.244 e. The Labute approximate surface area is 117 Å². The molecule has 0 saturated carbocycles. The summed E-state index contributed by atoms with van der Waals surface area (Å²) < 4.78 is 0. The summed E-state index contributed by atoms with van der Waals surface area (Å²) >= 11 is 6.00. The van der Waals surface area contributed by atoms with E-state index < -0.39 is 0 Å². The predicted octanol–water partition coefficient (Wildman–Crippen LogP) is 3.67. The van der Waals surface area contributed by atoms with E-state index in [2.05, 4.69) is 5.32 Å². The van der Waals surface area contributed by atoms with Crippen molar-refractivity contribution in [1.29, 1.82) is 0 Å². The highest BCUT2D eigenvalue weighted by Gasteiger charge is 1.98. The molecule has 0 bridgehead atoms. The molecule has 0 saturated heterocycles. The molecule has 19 heavy (non-hydrogen) atoms. The fourth-order valence-corrected chi connectivity index (χ4v) is 1.82. The highest BCUT2D eigenvalue weighted by Crippen LogP contribution is 2.15. The second-order valence-electron chi connectivity index (χ2n) is 4.06. The smallest absolute Gasteiger partial charge is 0.244 e. The molecule has 0 spiro atoms. The van der Waals surface area contributed by atoms with Crippen molar-refractivity contribution < 1.29 is 4.79 Å². The number of rotatable bonds is 4. The van der Waals surface area contributed by atoms with Crippen LogP contribution in [0, 0.1) is 0 Å². The molecule has 2 rings (SSSR count). The topological polar surface area (TPSA) is 29.1 Å². The van der Waals surface area contributed by atoms with Crippen molar-refractivity contribution in [2.75, 3.05) is 0 Å². The van der Waals surface area contributed by atoms with E-state index in [1.807, 2.05) is 48.5 Å². The van der Waals surface area contributed by atoms with Gasteiger partial charge in [-0.25, -0.2) is 0 Å². The van der Waals surface area contributed by atoms with Gasteiger partial charge in [-0.3, -0.25) is 4.79 Å². The first-order chi connectivity index (χ1) is 9.25. The maximum absolute atomic E-state index is 11.7. The van der Waals surface area contributed by atoms with E-state index >= 15 is 0 Å². The van der Waals surface area contributed by atoms with Gasteiger partial charge >= 0.3 is 0 Å². The largest absolute Gasteiger partial charge is 0.348 e. The second kappa shape index (κ2) is 6.76. The van der Waals surface area contributed by atoms with Gasteiger partial charge in [-0.05, 0) is 23.3 Å². The lowest BCUT2D eigenvalue weighted by molar-refractivity contribution is -0.116. The second-order valence-corrected chi connectivity index (χ2v) is 4.47. The fraction of sp³-hybridized carbons (Fsp3) is 0.0625. The number of amides is 1. The molecule has 0 fully saturated rings. The van der Waals surface area contributed by atoms with Crippen molar-refractivity contribution in [2.45, 2.75) is 6.54 Å². The molecule has 0 unspecified atom stereocenters. The van der Waals surface area contributed by atoms with Crippen LogP contribution in [-0.4, -0.2) is 5.91 Å². The van der Waals surface area contributed by atoms with Crippen molar-refractivity contribution in [2.24, 2.45) is 0 Å². The van der Waals surface area contributed by atoms with Gasteiger partial charge < -0.3 is 5.32 Å². The van der Waals surface area contributed by atoms with E-state index in [0.29, 0.717) is 11.6 Å². The van der Waals surface area contributed by atoms with Gasteiger partial charge in [-0.15, -0.1) is 0 Å². The van der Waals surface area contributed by atoms with Gasteiger partial charge in [0.2, 0.25) is 5.91 Å². The van der Waals surface area contributed by atoms with Crippen molar-refractivity contribution in [3.63, 3.8) is 0 Å². The first kappa shape index (κ1) is 13.4. The van der Waals surface area contributed by atoms with Gasteiger partial charge in [0.05, 0.1) is 0 Å². The summed E-state index contributed by atoms with van der Waals surface area (Å²) in [4.78, 5) is 11.7. The van der Waals surface area contributed by atoms with Crippen molar-refractivity contribution in [3.8, 4) is 0 Å². The Balaban J connectivity index is 1.90. The van der Waals surface area contributed by atoms with Crippen LogP contribution in [0.2, 0.25) is 5.02 Å². The van der Waals surface area contributed by atoms with Gasteiger partial charge in [0.25, 0.3) is 0 Å². The molecular formula is C16H14ClNO. The molecule has 3 heteroatoms. The van der Waals surface area contributed by atoms with Crippen molar-refractivity contribution in [1.82, 2.24) is 5.32 Å². The van der Waals surface area contributed by atoms with Crippen LogP contribution in [0.5, 0.6) is 0 Å². The average molecular weight is 272 g/mol. The Morgan fingerprint density at radius 1 is 1.05 bits per heavy atom. The highest BCUT2D eigenvalue weighted by atomic mass is 35.5. The van der Waals surface area contributed by atoms with Crippen molar-refractivity contribution in [3.05, 3.63) is 76.8 Å². The first-order valence-corrected chi connectivity index (χ1v) is 6.38. The summed E-state index contributed by atoms with van der Waals surface area (Å²) in [6.07, 6.45) is 3.20.